The Kier molecular flexibility index (Phi) is 32.4. The molecule has 36 nitrogen and oxygen atoms in total. The lowest BCUT2D eigenvalue weighted by molar-refractivity contribution is -0.384. The number of ether oxygens (including phenoxy) is 1. The van der Waals surface area contributed by atoms with Gasteiger partial charge in [0.1, 0.15) is 47.5 Å². The summed E-state index contributed by atoms with van der Waals surface area (Å²) in [6.07, 6.45) is 25.5. The lowest BCUT2D eigenvalue weighted by Gasteiger charge is -2.26. The van der Waals surface area contributed by atoms with Crippen molar-refractivity contribution < 1.29 is 41.1 Å². The highest BCUT2D eigenvalue weighted by Crippen LogP contribution is 2.33. The maximum Gasteiger partial charge on any atom is 0.433 e. The zero-order chi connectivity index (χ0) is 81.7. The normalized spacial score (nSPS) is 19.3. The van der Waals surface area contributed by atoms with E-state index in [0.29, 0.717) is 102 Å². The number of aromatic nitrogens is 11. The van der Waals surface area contributed by atoms with Crippen molar-refractivity contribution in [3.05, 3.63) is 173 Å². The number of sulfone groups is 1. The van der Waals surface area contributed by atoms with Crippen molar-refractivity contribution in [1.29, 1.82) is 5.26 Å². The number of nitro groups is 3. The molecule has 12 rings (SSSR count). The highest BCUT2D eigenvalue weighted by Gasteiger charge is 2.33. The molecule has 0 bridgehead atoms. The molecule has 8 aromatic rings. The molecule has 0 aliphatic heterocycles. The summed E-state index contributed by atoms with van der Waals surface area (Å²) < 4.78 is 67.1. The number of nitrogens with zero attached hydrogens (tertiary/aromatic N) is 15. The van der Waals surface area contributed by atoms with Crippen molar-refractivity contribution >= 4 is 85.6 Å². The van der Waals surface area contributed by atoms with Gasteiger partial charge in [-0.2, -0.15) is 38.4 Å². The Labute approximate surface area is 661 Å². The third-order valence-electron chi connectivity index (χ3n) is 19.7. The van der Waals surface area contributed by atoms with E-state index in [4.69, 9.17) is 39.3 Å². The second kappa shape index (κ2) is 42.6. The molecule has 0 atom stereocenters. The quantitative estimate of drug-likeness (QED) is 0.0153. The molecule has 4 fully saturated rings. The van der Waals surface area contributed by atoms with E-state index in [0.717, 1.165) is 157 Å². The molecule has 16 N–H and O–H groups in total. The second-order valence-electron chi connectivity index (χ2n) is 28.3. The van der Waals surface area contributed by atoms with Crippen LogP contribution in [0, 0.1) is 65.3 Å². The summed E-state index contributed by atoms with van der Waals surface area (Å²) >= 11 is 6.01. The molecule has 7 aromatic heterocycles. The van der Waals surface area contributed by atoms with E-state index in [2.05, 4.69) is 103 Å². The van der Waals surface area contributed by atoms with Gasteiger partial charge < -0.3 is 70.2 Å². The lowest BCUT2D eigenvalue weighted by Crippen LogP contribution is -2.29. The van der Waals surface area contributed by atoms with Crippen LogP contribution >= 0.6 is 11.6 Å². The van der Waals surface area contributed by atoms with E-state index in [1.807, 2.05) is 12.1 Å². The summed E-state index contributed by atoms with van der Waals surface area (Å²) in [7, 11) is -1.83. The van der Waals surface area contributed by atoms with Crippen molar-refractivity contribution in [2.24, 2.45) is 46.6 Å². The van der Waals surface area contributed by atoms with E-state index >= 15 is 0 Å². The van der Waals surface area contributed by atoms with Gasteiger partial charge in [-0.15, -0.1) is 0 Å². The summed E-state index contributed by atoms with van der Waals surface area (Å²) in [6.45, 7) is 3.68. The standard InChI is InChI=1S/C19H25ClN6O4S.C19H25N7O.C18H22F3N7O2.C17H23N7O2/c1-31(29,30)17-7-4-14(20)8-13(17)10-23-19-24-11-16(26(27)28)18(25-19)22-9-12-2-5-15(21)6-3-12;1-27-17-6-7-22-10-15(17)12-25-19-24-11-14(8-20)18(26-19)23-9-13-2-4-16(21)5-3-13;19-18(20,21)15-6-3-12(8-23-15)9-25-17-26-10-14(28(29)30)16(27-17)24-7-11-1-4-13(22)5-2-11;18-14-5-3-12(4-6-14)9-20-16-15(24(25)26)11-22-17(23-16)21-10-13-2-1-7-19-8-13/h4,7-8,11-12,15H,2-3,5-6,9-10,21H2,1H3,(H2,22,23,24,25);6-7,10-11,13,16H,2-5,9,12,21H2,1H3,(H2,23,24,25,26);3,6,8,10-11,13H,1-2,4-5,7,9,22H2,(H2,24,25,26,27);1-2,7-8,11-12,14H,3-6,9-10,18H2,(H2,20,21,22,23). The van der Waals surface area contributed by atoms with Crippen LogP contribution in [-0.4, -0.2) is 142 Å². The van der Waals surface area contributed by atoms with Crippen molar-refractivity contribution in [1.82, 2.24) is 54.8 Å². The van der Waals surface area contributed by atoms with Crippen LogP contribution in [0.4, 0.5) is 77.3 Å². The van der Waals surface area contributed by atoms with Crippen molar-refractivity contribution in [2.75, 3.05) is 82.1 Å². The lowest BCUT2D eigenvalue weighted by atomic mass is 9.86. The summed E-state index contributed by atoms with van der Waals surface area (Å²) in [5.74, 6) is 4.55. The topological polar surface area (TPSA) is 539 Å². The van der Waals surface area contributed by atoms with Gasteiger partial charge >= 0.3 is 23.2 Å². The number of benzene rings is 1. The summed E-state index contributed by atoms with van der Waals surface area (Å²) in [4.78, 5) is 77.3. The van der Waals surface area contributed by atoms with Gasteiger partial charge in [0, 0.05) is 124 Å². The van der Waals surface area contributed by atoms with Crippen molar-refractivity contribution in [2.45, 2.75) is 164 Å². The molecule has 7 heterocycles. The monoisotopic (exact) mass is 1620 g/mol. The highest BCUT2D eigenvalue weighted by atomic mass is 35.5. The molecular formula is C73H95ClF3N27O9S. The number of hydrogen-bond acceptors (Lipinski definition) is 33. The number of rotatable bonds is 29. The maximum absolute atomic E-state index is 12.6. The van der Waals surface area contributed by atoms with Crippen LogP contribution in [-0.2, 0) is 42.2 Å². The summed E-state index contributed by atoms with van der Waals surface area (Å²) in [5, 5.41) is 68.2. The zero-order valence-corrected chi connectivity index (χ0v) is 64.6. The largest absolute Gasteiger partial charge is 0.496 e. The smallest absolute Gasteiger partial charge is 0.433 e. The third kappa shape index (κ3) is 27.6. The van der Waals surface area contributed by atoms with Gasteiger partial charge in [0.2, 0.25) is 41.2 Å². The second-order valence-corrected chi connectivity index (χ2v) is 30.7. The molecule has 0 saturated heterocycles. The van der Waals surface area contributed by atoms with Crippen LogP contribution in [0.3, 0.4) is 0 Å². The first kappa shape index (κ1) is 86.7. The first-order valence-electron chi connectivity index (χ1n) is 37.3. The molecule has 4 saturated carbocycles. The number of nitrogens with one attached hydrogen (secondary N) is 8. The van der Waals surface area contributed by atoms with Gasteiger partial charge in [0.15, 0.2) is 9.84 Å². The summed E-state index contributed by atoms with van der Waals surface area (Å²) in [5.41, 5.74) is 25.4. The van der Waals surface area contributed by atoms with Crippen molar-refractivity contribution in [3.63, 3.8) is 0 Å². The fourth-order valence-electron chi connectivity index (χ4n) is 13.1. The Bertz CT molecular complexity index is 4610. The fraction of sp³-hybridized carbons (Fsp3) is 0.479. The molecule has 4 aliphatic rings. The van der Waals surface area contributed by atoms with Crippen LogP contribution in [0.25, 0.3) is 0 Å². The van der Waals surface area contributed by atoms with Crippen LogP contribution in [0.1, 0.15) is 136 Å². The van der Waals surface area contributed by atoms with Gasteiger partial charge in [-0.1, -0.05) is 23.7 Å². The molecule has 41 heteroatoms. The van der Waals surface area contributed by atoms with E-state index in [9.17, 15) is 57.2 Å². The van der Waals surface area contributed by atoms with Crippen LogP contribution < -0.4 is 70.2 Å². The Morgan fingerprint density at radius 2 is 0.895 bits per heavy atom. The molecule has 114 heavy (non-hydrogen) atoms. The minimum Gasteiger partial charge on any atom is -0.496 e. The number of nitrogens with two attached hydrogens (primary N) is 4. The molecule has 1 aromatic carbocycles. The number of methoxy groups -OCH3 is 1. The highest BCUT2D eigenvalue weighted by molar-refractivity contribution is 7.90. The van der Waals surface area contributed by atoms with Gasteiger partial charge in [0.05, 0.1) is 33.0 Å². The first-order valence-corrected chi connectivity index (χ1v) is 39.5. The van der Waals surface area contributed by atoms with Crippen LogP contribution in [0.5, 0.6) is 5.75 Å². The molecule has 4 aliphatic carbocycles. The predicted octanol–water partition coefficient (Wildman–Crippen LogP) is 10.9. The Morgan fingerprint density at radius 1 is 0.500 bits per heavy atom. The summed E-state index contributed by atoms with van der Waals surface area (Å²) in [6, 6.07) is 15.4. The third-order valence-corrected chi connectivity index (χ3v) is 21.2. The number of nitriles is 1. The average Bonchev–Trinajstić information content (AvgIpc) is 0.832. The van der Waals surface area contributed by atoms with Gasteiger partial charge in [-0.25, -0.2) is 28.4 Å². The zero-order valence-electron chi connectivity index (χ0n) is 63.0. The number of alkyl halides is 3. The number of pyridine rings is 3. The van der Waals surface area contributed by atoms with E-state index in [1.54, 1.807) is 44.0 Å². The van der Waals surface area contributed by atoms with Gasteiger partial charge in [0.25, 0.3) is 0 Å². The fourth-order valence-corrected chi connectivity index (χ4v) is 14.2. The molecule has 610 valence electrons. The minimum atomic E-state index is -4.50. The van der Waals surface area contributed by atoms with Gasteiger partial charge in [-0.05, 0) is 179 Å². The van der Waals surface area contributed by atoms with Gasteiger partial charge in [-0.3, -0.25) is 45.3 Å². The van der Waals surface area contributed by atoms with Crippen molar-refractivity contribution in [3.8, 4) is 11.8 Å². The van der Waals surface area contributed by atoms with E-state index in [-0.39, 0.29) is 82.5 Å². The molecular weight excluding hydrogens is 1520 g/mol. The van der Waals surface area contributed by atoms with E-state index < -0.39 is 36.5 Å². The molecule has 0 spiro atoms. The Morgan fingerprint density at radius 3 is 1.27 bits per heavy atom. The SMILES string of the molecule is COc1ccncc1CNc1ncc(C#N)c(NCC2CCC(N)CC2)n1.CS(=O)(=O)c1ccc(Cl)cc1CNc1ncc([N+](=O)[O-])c(NCC2CCC(N)CC2)n1.NC1CCC(CNc2nc(NCc3ccc(C(F)(F)F)nc3)ncc2[N+](=O)[O-])CC1.NC1CCC(CNc2nc(NCc3cccnc3)ncc2[N+](=O)[O-])CC1. The Hall–Kier alpha value is -11.2. The number of halogens is 4. The van der Waals surface area contributed by atoms with Crippen LogP contribution in [0.2, 0.25) is 5.02 Å². The maximum atomic E-state index is 12.6. The molecule has 0 amide bonds. The molecule has 0 unspecified atom stereocenters. The van der Waals surface area contributed by atoms with Crippen LogP contribution in [0.15, 0.2) is 109 Å². The number of anilines is 8. The minimum absolute atomic E-state index is 0.0841. The molecule has 0 radical (unpaired) electrons. The first-order chi connectivity index (χ1) is 54.7. The van der Waals surface area contributed by atoms with E-state index in [1.165, 1.54) is 30.6 Å². The average molecular weight is 1620 g/mol. The Balaban J connectivity index is 0.000000174. The predicted molar refractivity (Wildman–Crippen MR) is 425 cm³/mol. The number of hydrogen-bond donors (Lipinski definition) is 12.